The van der Waals surface area contributed by atoms with Crippen LogP contribution >= 0.6 is 0 Å². The first-order valence-corrected chi connectivity index (χ1v) is 9.89. The largest absolute Gasteiger partial charge is 0.379 e. The maximum absolute atomic E-state index is 12.8. The number of imidazole rings is 1. The zero-order chi connectivity index (χ0) is 19.3. The summed E-state index contributed by atoms with van der Waals surface area (Å²) < 4.78 is 7.15. The normalized spacial score (nSPS) is 20.5. The summed E-state index contributed by atoms with van der Waals surface area (Å²) in [6, 6.07) is 1.76. The minimum absolute atomic E-state index is 0.0752. The van der Waals surface area contributed by atoms with Crippen molar-refractivity contribution in [1.29, 1.82) is 0 Å². The van der Waals surface area contributed by atoms with Gasteiger partial charge in [0.05, 0.1) is 13.2 Å². The lowest BCUT2D eigenvalue weighted by molar-refractivity contribution is -0.122. The van der Waals surface area contributed by atoms with E-state index in [1.165, 1.54) is 0 Å². The lowest BCUT2D eigenvalue weighted by atomic mass is 10.2. The van der Waals surface area contributed by atoms with Gasteiger partial charge in [-0.05, 0) is 19.8 Å². The fourth-order valence-electron chi connectivity index (χ4n) is 3.77. The van der Waals surface area contributed by atoms with Gasteiger partial charge in [0.25, 0.3) is 0 Å². The molecule has 28 heavy (non-hydrogen) atoms. The van der Waals surface area contributed by atoms with Crippen LogP contribution in [0.15, 0.2) is 24.8 Å². The van der Waals surface area contributed by atoms with Crippen LogP contribution in [-0.2, 0) is 9.53 Å². The van der Waals surface area contributed by atoms with Crippen molar-refractivity contribution in [3.63, 3.8) is 0 Å². The van der Waals surface area contributed by atoms with Crippen LogP contribution in [0.5, 0.6) is 0 Å². The van der Waals surface area contributed by atoms with E-state index in [9.17, 15) is 4.79 Å². The molecule has 0 saturated carbocycles. The van der Waals surface area contributed by atoms with Crippen molar-refractivity contribution in [2.24, 2.45) is 0 Å². The Kier molecular flexibility index (Phi) is 5.82. The minimum atomic E-state index is -0.186. The van der Waals surface area contributed by atoms with Gasteiger partial charge in [0, 0.05) is 56.9 Å². The molecule has 0 spiro atoms. The van der Waals surface area contributed by atoms with Crippen molar-refractivity contribution in [2.45, 2.75) is 25.8 Å². The summed E-state index contributed by atoms with van der Waals surface area (Å²) in [7, 11) is 0. The van der Waals surface area contributed by atoms with Crippen LogP contribution < -0.4 is 10.2 Å². The minimum Gasteiger partial charge on any atom is -0.379 e. The number of rotatable bonds is 6. The van der Waals surface area contributed by atoms with Gasteiger partial charge in [0.2, 0.25) is 11.9 Å². The van der Waals surface area contributed by atoms with E-state index in [0.717, 1.165) is 63.7 Å². The zero-order valence-corrected chi connectivity index (χ0v) is 16.3. The Bertz CT molecular complexity index is 790. The van der Waals surface area contributed by atoms with Gasteiger partial charge in [-0.25, -0.2) is 9.97 Å². The predicted octanol–water partition coefficient (Wildman–Crippen LogP) is 0.388. The van der Waals surface area contributed by atoms with Gasteiger partial charge in [-0.1, -0.05) is 0 Å². The molecule has 0 bridgehead atoms. The van der Waals surface area contributed by atoms with Crippen LogP contribution in [0.3, 0.4) is 0 Å². The first kappa shape index (κ1) is 18.8. The lowest BCUT2D eigenvalue weighted by Crippen LogP contribution is -2.47. The number of carbonyl (C=O) groups excluding carboxylic acids is 1. The summed E-state index contributed by atoms with van der Waals surface area (Å²) in [6.45, 7) is 7.70. The summed E-state index contributed by atoms with van der Waals surface area (Å²) in [6.07, 6.45) is 7.01. The van der Waals surface area contributed by atoms with E-state index < -0.39 is 0 Å². The molecule has 2 saturated heterocycles. The molecule has 4 rings (SSSR count). The third-order valence-electron chi connectivity index (χ3n) is 5.24. The molecular formula is C19H27N7O2. The Morgan fingerprint density at radius 1 is 1.29 bits per heavy atom. The van der Waals surface area contributed by atoms with Gasteiger partial charge >= 0.3 is 0 Å². The molecule has 9 heteroatoms. The summed E-state index contributed by atoms with van der Waals surface area (Å²) in [4.78, 5) is 30.5. The Labute approximate surface area is 164 Å². The molecule has 0 radical (unpaired) electrons. The van der Waals surface area contributed by atoms with Crippen LogP contribution in [0.2, 0.25) is 0 Å². The number of nitrogens with one attached hydrogen (secondary N) is 1. The van der Waals surface area contributed by atoms with E-state index in [4.69, 9.17) is 4.74 Å². The van der Waals surface area contributed by atoms with Crippen molar-refractivity contribution in [1.82, 2.24) is 29.7 Å². The van der Waals surface area contributed by atoms with Gasteiger partial charge in [0.1, 0.15) is 18.2 Å². The molecule has 2 aliphatic heterocycles. The van der Waals surface area contributed by atoms with Crippen molar-refractivity contribution in [2.75, 3.05) is 50.8 Å². The number of hydrogen-bond acceptors (Lipinski definition) is 7. The topological polar surface area (TPSA) is 88.4 Å². The smallest absolute Gasteiger partial charge is 0.242 e. The van der Waals surface area contributed by atoms with Gasteiger partial charge in [-0.15, -0.1) is 0 Å². The first-order valence-electron chi connectivity index (χ1n) is 9.89. The predicted molar refractivity (Wildman–Crippen MR) is 105 cm³/mol. The molecule has 9 nitrogen and oxygen atoms in total. The zero-order valence-electron chi connectivity index (χ0n) is 16.3. The third-order valence-corrected chi connectivity index (χ3v) is 5.24. The number of carbonyl (C=O) groups is 1. The number of hydrogen-bond donors (Lipinski definition) is 1. The van der Waals surface area contributed by atoms with Crippen LogP contribution in [0, 0.1) is 6.92 Å². The number of amides is 1. The van der Waals surface area contributed by atoms with Gasteiger partial charge < -0.3 is 15.0 Å². The molecule has 1 amide bonds. The summed E-state index contributed by atoms with van der Waals surface area (Å²) >= 11 is 0. The molecule has 2 fully saturated rings. The second-order valence-electron chi connectivity index (χ2n) is 7.23. The van der Waals surface area contributed by atoms with E-state index in [2.05, 4.69) is 30.1 Å². The van der Waals surface area contributed by atoms with Gasteiger partial charge in [-0.3, -0.25) is 14.3 Å². The molecule has 2 aromatic rings. The van der Waals surface area contributed by atoms with E-state index in [1.807, 2.05) is 19.2 Å². The molecule has 0 aromatic carbocycles. The number of anilines is 1. The maximum atomic E-state index is 12.8. The highest BCUT2D eigenvalue weighted by atomic mass is 16.5. The highest BCUT2D eigenvalue weighted by Gasteiger charge is 2.32. The van der Waals surface area contributed by atoms with Crippen LogP contribution in [0.4, 0.5) is 5.82 Å². The molecule has 0 aliphatic carbocycles. The molecule has 2 aliphatic rings. The van der Waals surface area contributed by atoms with Gasteiger partial charge in [-0.2, -0.15) is 4.98 Å². The molecule has 1 unspecified atom stereocenters. The SMILES string of the molecule is Cc1cc(N2CCCC2C(=O)NCCN2CCOCC2)nc(-n2ccnc2)n1. The summed E-state index contributed by atoms with van der Waals surface area (Å²) in [5.41, 5.74) is 0.868. The highest BCUT2D eigenvalue weighted by Crippen LogP contribution is 2.25. The quantitative estimate of drug-likeness (QED) is 0.769. The molecule has 4 heterocycles. The van der Waals surface area contributed by atoms with Crippen molar-refractivity contribution < 1.29 is 9.53 Å². The second-order valence-corrected chi connectivity index (χ2v) is 7.23. The monoisotopic (exact) mass is 385 g/mol. The van der Waals surface area contributed by atoms with Crippen molar-refractivity contribution in [3.05, 3.63) is 30.5 Å². The average molecular weight is 385 g/mol. The van der Waals surface area contributed by atoms with E-state index >= 15 is 0 Å². The van der Waals surface area contributed by atoms with Gasteiger partial charge in [0.15, 0.2) is 0 Å². The number of aromatic nitrogens is 4. The summed E-state index contributed by atoms with van der Waals surface area (Å²) in [5, 5.41) is 3.11. The van der Waals surface area contributed by atoms with E-state index in [-0.39, 0.29) is 11.9 Å². The van der Waals surface area contributed by atoms with Crippen molar-refractivity contribution in [3.8, 4) is 5.95 Å². The Morgan fingerprint density at radius 3 is 2.93 bits per heavy atom. The van der Waals surface area contributed by atoms with Crippen LogP contribution in [-0.4, -0.2) is 82.3 Å². The van der Waals surface area contributed by atoms with Crippen LogP contribution in [0.25, 0.3) is 5.95 Å². The maximum Gasteiger partial charge on any atom is 0.242 e. The Hall–Kier alpha value is -2.52. The van der Waals surface area contributed by atoms with E-state index in [1.54, 1.807) is 17.1 Å². The fraction of sp³-hybridized carbons (Fsp3) is 0.579. The Balaban J connectivity index is 1.41. The Morgan fingerprint density at radius 2 is 2.14 bits per heavy atom. The molecular weight excluding hydrogens is 358 g/mol. The number of aryl methyl sites for hydroxylation is 1. The first-order chi connectivity index (χ1) is 13.7. The number of ether oxygens (including phenoxy) is 1. The molecule has 1 N–H and O–H groups in total. The molecule has 150 valence electrons. The number of morpholine rings is 1. The lowest BCUT2D eigenvalue weighted by Gasteiger charge is -2.28. The molecule has 1 atom stereocenters. The second kappa shape index (κ2) is 8.66. The molecule has 2 aromatic heterocycles. The number of nitrogens with zero attached hydrogens (tertiary/aromatic N) is 6. The average Bonchev–Trinajstić information content (AvgIpc) is 3.40. The third kappa shape index (κ3) is 4.31. The standard InChI is InChI=1S/C19H27N7O2/c1-15-13-17(23-19(22-15)25-8-4-20-14-25)26-6-2-3-16(26)18(27)21-5-7-24-9-11-28-12-10-24/h4,8,13-14,16H,2-3,5-7,9-12H2,1H3,(H,21,27). The van der Waals surface area contributed by atoms with Crippen LogP contribution in [0.1, 0.15) is 18.5 Å². The fourth-order valence-corrected chi connectivity index (χ4v) is 3.77. The van der Waals surface area contributed by atoms with Crippen molar-refractivity contribution >= 4 is 11.7 Å². The highest BCUT2D eigenvalue weighted by molar-refractivity contribution is 5.85. The summed E-state index contributed by atoms with van der Waals surface area (Å²) in [5.74, 6) is 1.44. The van der Waals surface area contributed by atoms with E-state index in [0.29, 0.717) is 12.5 Å².